The lowest BCUT2D eigenvalue weighted by Crippen LogP contribution is -2.15. The predicted molar refractivity (Wildman–Crippen MR) is 203 cm³/mol. The lowest BCUT2D eigenvalue weighted by atomic mass is 9.81. The van der Waals surface area contributed by atoms with E-state index in [4.69, 9.17) is 4.42 Å². The summed E-state index contributed by atoms with van der Waals surface area (Å²) in [7, 11) is 0. The topological polar surface area (TPSA) is 13.1 Å². The van der Waals surface area contributed by atoms with Crippen LogP contribution in [0.3, 0.4) is 0 Å². The second-order valence-corrected chi connectivity index (χ2v) is 13.7. The maximum atomic E-state index is 6.28. The van der Waals surface area contributed by atoms with Crippen molar-refractivity contribution in [1.82, 2.24) is 0 Å². The summed E-state index contributed by atoms with van der Waals surface area (Å²) < 4.78 is 6.28. The lowest BCUT2D eigenvalue weighted by molar-refractivity contribution is 0.658. The van der Waals surface area contributed by atoms with Gasteiger partial charge in [-0.15, -0.1) is 0 Å². The number of fused-ring (bicyclic) bond motifs is 8. The summed E-state index contributed by atoms with van der Waals surface area (Å²) in [6, 6.07) is 57.7. The molecular formula is C47H32O. The third kappa shape index (κ3) is 3.85. The van der Waals surface area contributed by atoms with Gasteiger partial charge in [0.25, 0.3) is 0 Å². The summed E-state index contributed by atoms with van der Waals surface area (Å²) >= 11 is 0. The minimum absolute atomic E-state index is 0.120. The maximum absolute atomic E-state index is 6.28. The monoisotopic (exact) mass is 612 g/mol. The molecule has 0 saturated heterocycles. The molecule has 0 saturated carbocycles. The van der Waals surface area contributed by atoms with Gasteiger partial charge in [0.2, 0.25) is 0 Å². The van der Waals surface area contributed by atoms with E-state index in [-0.39, 0.29) is 5.41 Å². The van der Waals surface area contributed by atoms with Crippen LogP contribution in [0, 0.1) is 0 Å². The summed E-state index contributed by atoms with van der Waals surface area (Å²) in [5.74, 6) is 0. The number of hydrogen-bond donors (Lipinski definition) is 0. The first-order valence-corrected chi connectivity index (χ1v) is 16.8. The Morgan fingerprint density at radius 3 is 1.50 bits per heavy atom. The Morgan fingerprint density at radius 1 is 0.354 bits per heavy atom. The highest BCUT2D eigenvalue weighted by atomic mass is 16.3. The second-order valence-electron chi connectivity index (χ2n) is 13.7. The molecule has 9 aromatic rings. The summed E-state index contributed by atoms with van der Waals surface area (Å²) in [5, 5.41) is 7.48. The van der Waals surface area contributed by atoms with Crippen LogP contribution in [0.4, 0.5) is 0 Å². The highest BCUT2D eigenvalue weighted by Gasteiger charge is 2.36. The summed E-state index contributed by atoms with van der Waals surface area (Å²) in [6.45, 7) is 4.71. The highest BCUT2D eigenvalue weighted by molar-refractivity contribution is 6.21. The summed E-state index contributed by atoms with van der Waals surface area (Å²) in [5.41, 5.74) is 14.6. The Labute approximate surface area is 279 Å². The smallest absolute Gasteiger partial charge is 0.136 e. The fourth-order valence-corrected chi connectivity index (χ4v) is 8.32. The SMILES string of the molecule is CC1(C)c2cc(-c3ccc(-c4c5ccccc5c(-c5ccccc5)c5ccccc45)cc3)ccc2-c2cc3oc4ccccc4c3cc21. The van der Waals surface area contributed by atoms with E-state index < -0.39 is 0 Å². The molecule has 0 fully saturated rings. The number of para-hydroxylation sites is 1. The Kier molecular flexibility index (Phi) is 5.69. The van der Waals surface area contributed by atoms with Crippen LogP contribution in [0.2, 0.25) is 0 Å². The first kappa shape index (κ1) is 27.2. The molecule has 0 aliphatic heterocycles. The first-order valence-electron chi connectivity index (χ1n) is 16.8. The Morgan fingerprint density at radius 2 is 0.854 bits per heavy atom. The van der Waals surface area contributed by atoms with Gasteiger partial charge < -0.3 is 4.42 Å². The van der Waals surface area contributed by atoms with E-state index in [9.17, 15) is 0 Å². The average molecular weight is 613 g/mol. The van der Waals surface area contributed by atoms with Crippen molar-refractivity contribution in [2.24, 2.45) is 0 Å². The van der Waals surface area contributed by atoms with E-state index in [1.807, 2.05) is 6.07 Å². The van der Waals surface area contributed by atoms with Crippen LogP contribution in [-0.4, -0.2) is 0 Å². The van der Waals surface area contributed by atoms with Crippen LogP contribution < -0.4 is 0 Å². The number of benzene rings is 8. The van der Waals surface area contributed by atoms with Crippen molar-refractivity contribution < 1.29 is 4.42 Å². The van der Waals surface area contributed by atoms with Gasteiger partial charge >= 0.3 is 0 Å². The molecule has 1 aliphatic carbocycles. The van der Waals surface area contributed by atoms with Crippen molar-refractivity contribution in [3.63, 3.8) is 0 Å². The highest BCUT2D eigenvalue weighted by Crippen LogP contribution is 2.52. The van der Waals surface area contributed by atoms with E-state index in [0.29, 0.717) is 0 Å². The molecule has 1 nitrogen and oxygen atoms in total. The van der Waals surface area contributed by atoms with Gasteiger partial charge in [0.15, 0.2) is 0 Å². The molecule has 0 amide bonds. The molecule has 1 aromatic heterocycles. The molecule has 1 heterocycles. The van der Waals surface area contributed by atoms with E-state index >= 15 is 0 Å². The van der Waals surface area contributed by atoms with Gasteiger partial charge in [0.05, 0.1) is 0 Å². The molecule has 10 rings (SSSR count). The molecule has 48 heavy (non-hydrogen) atoms. The van der Waals surface area contributed by atoms with Gasteiger partial charge in [-0.25, -0.2) is 0 Å². The van der Waals surface area contributed by atoms with Crippen LogP contribution >= 0.6 is 0 Å². The van der Waals surface area contributed by atoms with Crippen molar-refractivity contribution in [3.8, 4) is 44.5 Å². The molecule has 0 spiro atoms. The van der Waals surface area contributed by atoms with E-state index in [1.54, 1.807) is 0 Å². The largest absolute Gasteiger partial charge is 0.456 e. The molecule has 226 valence electrons. The zero-order valence-electron chi connectivity index (χ0n) is 26.9. The summed E-state index contributed by atoms with van der Waals surface area (Å²) in [6.07, 6.45) is 0. The van der Waals surface area contributed by atoms with E-state index in [1.165, 1.54) is 88.0 Å². The molecule has 1 aliphatic rings. The van der Waals surface area contributed by atoms with Crippen molar-refractivity contribution in [3.05, 3.63) is 169 Å². The molecule has 8 aromatic carbocycles. The third-order valence-corrected chi connectivity index (χ3v) is 10.7. The second kappa shape index (κ2) is 10.0. The zero-order chi connectivity index (χ0) is 32.0. The standard InChI is InChI=1S/C47H32O/c1-47(2)41-26-32(24-25-33(41)39-28-44-40(27-42(39)47)34-14-10-11-19-43(34)48-44)29-20-22-31(23-21-29)46-37-17-8-6-15-35(37)45(30-12-4-3-5-13-30)36-16-7-9-18-38(36)46/h3-28H,1-2H3. The molecule has 0 radical (unpaired) electrons. The van der Waals surface area contributed by atoms with E-state index in [0.717, 1.165) is 11.2 Å². The third-order valence-electron chi connectivity index (χ3n) is 10.7. The predicted octanol–water partition coefficient (Wildman–Crippen LogP) is 13.2. The van der Waals surface area contributed by atoms with Crippen LogP contribution in [-0.2, 0) is 5.41 Å². The molecule has 0 unspecified atom stereocenters. The number of hydrogen-bond acceptors (Lipinski definition) is 1. The lowest BCUT2D eigenvalue weighted by Gasteiger charge is -2.22. The molecular weight excluding hydrogens is 581 g/mol. The van der Waals surface area contributed by atoms with Gasteiger partial charge in [-0.05, 0) is 101 Å². The average Bonchev–Trinajstić information content (AvgIpc) is 3.61. The van der Waals surface area contributed by atoms with Crippen molar-refractivity contribution in [2.75, 3.05) is 0 Å². The Bertz CT molecular complexity index is 2670. The van der Waals surface area contributed by atoms with Crippen molar-refractivity contribution in [2.45, 2.75) is 19.3 Å². The minimum atomic E-state index is -0.120. The quantitative estimate of drug-likeness (QED) is 0.181. The Hall–Kier alpha value is -5.92. The van der Waals surface area contributed by atoms with E-state index in [2.05, 4.69) is 166 Å². The summed E-state index contributed by atoms with van der Waals surface area (Å²) in [4.78, 5) is 0. The van der Waals surface area contributed by atoms with Crippen LogP contribution in [0.5, 0.6) is 0 Å². The van der Waals surface area contributed by atoms with Crippen LogP contribution in [0.25, 0.3) is 88.0 Å². The first-order chi connectivity index (χ1) is 23.6. The van der Waals surface area contributed by atoms with Gasteiger partial charge in [-0.3, -0.25) is 0 Å². The fourth-order valence-electron chi connectivity index (χ4n) is 8.32. The van der Waals surface area contributed by atoms with Gasteiger partial charge in [-0.2, -0.15) is 0 Å². The van der Waals surface area contributed by atoms with Crippen molar-refractivity contribution >= 4 is 43.5 Å². The maximum Gasteiger partial charge on any atom is 0.136 e. The Balaban J connectivity index is 1.09. The normalized spacial score (nSPS) is 13.4. The minimum Gasteiger partial charge on any atom is -0.456 e. The molecule has 0 atom stereocenters. The number of rotatable bonds is 3. The number of furan rings is 1. The zero-order valence-corrected chi connectivity index (χ0v) is 26.9. The van der Waals surface area contributed by atoms with Crippen LogP contribution in [0.1, 0.15) is 25.0 Å². The molecule has 0 N–H and O–H groups in total. The fraction of sp³-hybridized carbons (Fsp3) is 0.0638. The van der Waals surface area contributed by atoms with Gasteiger partial charge in [0.1, 0.15) is 11.2 Å². The van der Waals surface area contributed by atoms with Crippen molar-refractivity contribution in [1.29, 1.82) is 0 Å². The molecule has 0 bridgehead atoms. The van der Waals surface area contributed by atoms with Gasteiger partial charge in [-0.1, -0.05) is 147 Å². The van der Waals surface area contributed by atoms with Crippen LogP contribution in [0.15, 0.2) is 162 Å². The van der Waals surface area contributed by atoms with Gasteiger partial charge in [0, 0.05) is 16.2 Å². The molecule has 1 heteroatoms.